The summed E-state index contributed by atoms with van der Waals surface area (Å²) >= 11 is 1.76. The first-order valence-corrected chi connectivity index (χ1v) is 20.1. The van der Waals surface area contributed by atoms with Crippen molar-refractivity contribution in [2.45, 2.75) is 0 Å². The fourth-order valence-electron chi connectivity index (χ4n) is 8.39. The predicted octanol–water partition coefficient (Wildman–Crippen LogP) is 15.0. The third-order valence-electron chi connectivity index (χ3n) is 11.0. The Morgan fingerprint density at radius 3 is 1.82 bits per heavy atom. The molecule has 0 aliphatic carbocycles. The lowest BCUT2D eigenvalue weighted by atomic mass is 10.00. The Morgan fingerprint density at radius 2 is 1.05 bits per heavy atom. The molecule has 0 unspecified atom stereocenters. The Hall–Kier alpha value is -7.27. The minimum Gasteiger partial charge on any atom is -0.310 e. The number of aromatic nitrogens is 2. The van der Waals surface area contributed by atoms with Crippen LogP contribution in [-0.4, -0.2) is 9.55 Å². The Kier molecular flexibility index (Phi) is 8.01. The van der Waals surface area contributed by atoms with E-state index in [0.717, 1.165) is 44.4 Å². The minimum absolute atomic E-state index is 1.02. The highest BCUT2D eigenvalue weighted by atomic mass is 32.1. The van der Waals surface area contributed by atoms with Gasteiger partial charge in [0.05, 0.1) is 26.9 Å². The highest BCUT2D eigenvalue weighted by molar-refractivity contribution is 7.22. The summed E-state index contributed by atoms with van der Waals surface area (Å²) in [5.41, 5.74) is 13.7. The van der Waals surface area contributed by atoms with E-state index in [1.165, 1.54) is 54.0 Å². The molecular formula is C53H35N3S. The van der Waals surface area contributed by atoms with Crippen LogP contribution in [0, 0.1) is 0 Å². The molecule has 0 radical (unpaired) electrons. The van der Waals surface area contributed by atoms with Crippen molar-refractivity contribution in [2.75, 3.05) is 4.90 Å². The molecule has 2 heterocycles. The number of hydrogen-bond donors (Lipinski definition) is 0. The molecule has 0 bridgehead atoms. The molecule has 0 spiro atoms. The van der Waals surface area contributed by atoms with Gasteiger partial charge in [-0.15, -0.1) is 11.3 Å². The zero-order chi connectivity index (χ0) is 37.7. The van der Waals surface area contributed by atoms with Gasteiger partial charge < -0.3 is 9.47 Å². The standard InChI is InChI=1S/C53H35N3S/c1-4-16-36(17-5-1)39-20-14-23-42(34-39)55(41-32-30-37(31-33-41)43-27-15-28-48-52(43)57-53(54-48)38-18-6-2-7-19-38)50-35-47-45-25-12-13-29-49(45)56(40-21-8-3-9-22-40)51(47)46-26-11-10-24-44(46)50/h1-35H. The van der Waals surface area contributed by atoms with Crippen LogP contribution in [0.5, 0.6) is 0 Å². The lowest BCUT2D eigenvalue weighted by Crippen LogP contribution is -2.11. The van der Waals surface area contributed by atoms with Crippen LogP contribution in [0.1, 0.15) is 0 Å². The summed E-state index contributed by atoms with van der Waals surface area (Å²) in [6.45, 7) is 0. The van der Waals surface area contributed by atoms with Crippen LogP contribution < -0.4 is 4.90 Å². The molecule has 268 valence electrons. The third kappa shape index (κ3) is 5.69. The van der Waals surface area contributed by atoms with Crippen LogP contribution in [0.4, 0.5) is 17.1 Å². The monoisotopic (exact) mass is 745 g/mol. The molecule has 11 aromatic rings. The number of fused-ring (bicyclic) bond motifs is 6. The Morgan fingerprint density at radius 1 is 0.421 bits per heavy atom. The Bertz CT molecular complexity index is 3220. The maximum absolute atomic E-state index is 5.03. The van der Waals surface area contributed by atoms with Crippen molar-refractivity contribution in [1.82, 2.24) is 9.55 Å². The molecule has 0 saturated heterocycles. The number of rotatable bonds is 7. The van der Waals surface area contributed by atoms with Gasteiger partial charge in [-0.1, -0.05) is 158 Å². The predicted molar refractivity (Wildman–Crippen MR) is 242 cm³/mol. The molecule has 0 amide bonds. The van der Waals surface area contributed by atoms with E-state index < -0.39 is 0 Å². The van der Waals surface area contributed by atoms with Crippen LogP contribution in [0.25, 0.3) is 81.3 Å². The highest BCUT2D eigenvalue weighted by Gasteiger charge is 2.22. The zero-order valence-electron chi connectivity index (χ0n) is 31.0. The van der Waals surface area contributed by atoms with Crippen LogP contribution >= 0.6 is 11.3 Å². The van der Waals surface area contributed by atoms with Crippen molar-refractivity contribution >= 4 is 71.2 Å². The van der Waals surface area contributed by atoms with Crippen molar-refractivity contribution in [3.8, 4) is 38.5 Å². The molecule has 2 aromatic heterocycles. The van der Waals surface area contributed by atoms with E-state index in [1.807, 2.05) is 0 Å². The van der Waals surface area contributed by atoms with Crippen molar-refractivity contribution < 1.29 is 0 Å². The lowest BCUT2D eigenvalue weighted by Gasteiger charge is -2.28. The van der Waals surface area contributed by atoms with Gasteiger partial charge in [0.25, 0.3) is 0 Å². The molecule has 0 fully saturated rings. The highest BCUT2D eigenvalue weighted by Crippen LogP contribution is 2.46. The average molecular weight is 746 g/mol. The number of para-hydroxylation sites is 2. The van der Waals surface area contributed by atoms with Gasteiger partial charge in [-0.3, -0.25) is 0 Å². The molecule has 11 rings (SSSR count). The van der Waals surface area contributed by atoms with E-state index >= 15 is 0 Å². The summed E-state index contributed by atoms with van der Waals surface area (Å²) in [5, 5.41) is 5.87. The van der Waals surface area contributed by atoms with Crippen molar-refractivity contribution in [1.29, 1.82) is 0 Å². The molecule has 0 N–H and O–H groups in total. The van der Waals surface area contributed by atoms with Crippen LogP contribution in [0.15, 0.2) is 212 Å². The molecule has 57 heavy (non-hydrogen) atoms. The van der Waals surface area contributed by atoms with Gasteiger partial charge in [-0.05, 0) is 71.3 Å². The molecule has 0 aliphatic rings. The van der Waals surface area contributed by atoms with E-state index in [1.54, 1.807) is 11.3 Å². The van der Waals surface area contributed by atoms with Crippen molar-refractivity contribution in [3.05, 3.63) is 212 Å². The fourth-order valence-corrected chi connectivity index (χ4v) is 9.49. The topological polar surface area (TPSA) is 21.1 Å². The van der Waals surface area contributed by atoms with Gasteiger partial charge in [0, 0.05) is 49.7 Å². The summed E-state index contributed by atoms with van der Waals surface area (Å²) < 4.78 is 3.62. The van der Waals surface area contributed by atoms with Gasteiger partial charge in [0.1, 0.15) is 5.01 Å². The summed E-state index contributed by atoms with van der Waals surface area (Å²) in [6.07, 6.45) is 0. The zero-order valence-corrected chi connectivity index (χ0v) is 31.8. The third-order valence-corrected chi connectivity index (χ3v) is 12.1. The molecule has 9 aromatic carbocycles. The van der Waals surface area contributed by atoms with E-state index in [2.05, 4.69) is 222 Å². The number of nitrogens with zero attached hydrogens (tertiary/aromatic N) is 3. The average Bonchev–Trinajstić information content (AvgIpc) is 3.88. The maximum atomic E-state index is 5.03. The molecule has 0 aliphatic heterocycles. The minimum atomic E-state index is 1.02. The van der Waals surface area contributed by atoms with E-state index in [4.69, 9.17) is 4.98 Å². The van der Waals surface area contributed by atoms with Gasteiger partial charge in [-0.25, -0.2) is 4.98 Å². The Labute approximate surface area is 335 Å². The molecule has 3 nitrogen and oxygen atoms in total. The van der Waals surface area contributed by atoms with E-state index in [0.29, 0.717) is 0 Å². The Balaban J connectivity index is 1.13. The molecule has 0 atom stereocenters. The second kappa shape index (κ2) is 13.8. The number of benzene rings is 9. The number of thiazole rings is 1. The van der Waals surface area contributed by atoms with Crippen molar-refractivity contribution in [3.63, 3.8) is 0 Å². The fraction of sp³-hybridized carbons (Fsp3) is 0. The second-order valence-corrected chi connectivity index (χ2v) is 15.4. The maximum Gasteiger partial charge on any atom is 0.124 e. The van der Waals surface area contributed by atoms with Gasteiger partial charge in [-0.2, -0.15) is 0 Å². The summed E-state index contributed by atoms with van der Waals surface area (Å²) in [6, 6.07) is 76.4. The van der Waals surface area contributed by atoms with Gasteiger partial charge in [0.15, 0.2) is 0 Å². The second-order valence-electron chi connectivity index (χ2n) is 14.4. The smallest absolute Gasteiger partial charge is 0.124 e. The quantitative estimate of drug-likeness (QED) is 0.162. The first-order valence-electron chi connectivity index (χ1n) is 19.3. The van der Waals surface area contributed by atoms with Crippen LogP contribution in [0.3, 0.4) is 0 Å². The number of hydrogen-bond acceptors (Lipinski definition) is 3. The lowest BCUT2D eigenvalue weighted by molar-refractivity contribution is 1.19. The largest absolute Gasteiger partial charge is 0.310 e. The van der Waals surface area contributed by atoms with E-state index in [9.17, 15) is 0 Å². The van der Waals surface area contributed by atoms with Crippen LogP contribution in [-0.2, 0) is 0 Å². The van der Waals surface area contributed by atoms with Gasteiger partial charge >= 0.3 is 0 Å². The van der Waals surface area contributed by atoms with E-state index in [-0.39, 0.29) is 0 Å². The summed E-state index contributed by atoms with van der Waals surface area (Å²) in [7, 11) is 0. The summed E-state index contributed by atoms with van der Waals surface area (Å²) in [4.78, 5) is 7.47. The van der Waals surface area contributed by atoms with Gasteiger partial charge in [0.2, 0.25) is 0 Å². The number of anilines is 3. The summed E-state index contributed by atoms with van der Waals surface area (Å²) in [5.74, 6) is 0. The van der Waals surface area contributed by atoms with Crippen LogP contribution in [0.2, 0.25) is 0 Å². The normalized spacial score (nSPS) is 11.5. The SMILES string of the molecule is c1ccc(-c2cccc(N(c3ccc(-c4cccc5nc(-c6ccccc6)sc45)cc3)c3cc4c5ccccc5n(-c5ccccc5)c4c4ccccc34)c2)cc1. The first-order chi connectivity index (χ1) is 28.3. The molecule has 4 heteroatoms. The molecular weight excluding hydrogens is 711 g/mol. The molecule has 0 saturated carbocycles. The van der Waals surface area contributed by atoms with Crippen molar-refractivity contribution in [2.24, 2.45) is 0 Å². The first kappa shape index (κ1) is 33.1.